The number of nitrogens with zero attached hydrogens (tertiary/aromatic N) is 2. The maximum absolute atomic E-state index is 12.9. The van der Waals surface area contributed by atoms with E-state index in [1.54, 1.807) is 35.1 Å². The van der Waals surface area contributed by atoms with E-state index in [-0.39, 0.29) is 0 Å². The van der Waals surface area contributed by atoms with Gasteiger partial charge in [-0.15, -0.1) is 0 Å². The van der Waals surface area contributed by atoms with Crippen molar-refractivity contribution in [2.45, 2.75) is 19.1 Å². The number of nitrogens with one attached hydrogen (secondary N) is 2. The summed E-state index contributed by atoms with van der Waals surface area (Å²) >= 11 is 5.96. The lowest BCUT2D eigenvalue weighted by molar-refractivity contribution is -0.143. The van der Waals surface area contributed by atoms with Gasteiger partial charge in [0, 0.05) is 17.3 Å². The Morgan fingerprint density at radius 2 is 1.97 bits per heavy atom. The second-order valence-corrected chi connectivity index (χ2v) is 8.16. The van der Waals surface area contributed by atoms with Crippen molar-refractivity contribution in [2.24, 2.45) is 0 Å². The van der Waals surface area contributed by atoms with Crippen LogP contribution in [0.3, 0.4) is 0 Å². The van der Waals surface area contributed by atoms with Crippen molar-refractivity contribution < 1.29 is 14.3 Å². The summed E-state index contributed by atoms with van der Waals surface area (Å²) < 4.78 is 7.49. The molecule has 1 atom stereocenters. The van der Waals surface area contributed by atoms with Crippen LogP contribution in [0, 0.1) is 0 Å². The molecule has 0 saturated carbocycles. The molecule has 8 heteroatoms. The predicted octanol–water partition coefficient (Wildman–Crippen LogP) is 4.47. The molecular weight excluding hydrogens is 428 g/mol. The molecule has 5 rings (SSSR count). The first-order valence-corrected chi connectivity index (χ1v) is 10.4. The number of hydrogen-bond acceptors (Lipinski definition) is 4. The molecule has 2 N–H and O–H groups in total. The average molecular weight is 447 g/mol. The zero-order chi connectivity index (χ0) is 22.3. The van der Waals surface area contributed by atoms with Crippen molar-refractivity contribution in [3.05, 3.63) is 83.5 Å². The van der Waals surface area contributed by atoms with Gasteiger partial charge in [-0.3, -0.25) is 14.3 Å². The lowest BCUT2D eigenvalue weighted by atomic mass is 10.0. The minimum absolute atomic E-state index is 0.328. The molecule has 1 unspecified atom stereocenters. The number of halogens is 1. The van der Waals surface area contributed by atoms with Gasteiger partial charge in [0.05, 0.1) is 12.2 Å². The number of rotatable bonds is 4. The molecule has 0 saturated heterocycles. The van der Waals surface area contributed by atoms with Crippen LogP contribution in [0.4, 0.5) is 11.5 Å². The van der Waals surface area contributed by atoms with Crippen molar-refractivity contribution >= 4 is 45.7 Å². The maximum atomic E-state index is 12.9. The molecule has 0 radical (unpaired) electrons. The number of benzene rings is 3. The number of carbonyl (C=O) groups excluding carboxylic acids is 2. The van der Waals surface area contributed by atoms with Gasteiger partial charge in [0.2, 0.25) is 0 Å². The Hall–Kier alpha value is -3.84. The summed E-state index contributed by atoms with van der Waals surface area (Å²) in [4.78, 5) is 25.6. The summed E-state index contributed by atoms with van der Waals surface area (Å²) in [6.45, 7) is 1.96. The third kappa shape index (κ3) is 3.56. The number of ether oxygens (including phenoxy) is 1. The van der Waals surface area contributed by atoms with Crippen LogP contribution >= 0.6 is 11.6 Å². The zero-order valence-electron chi connectivity index (χ0n) is 17.1. The van der Waals surface area contributed by atoms with Crippen LogP contribution in [0.5, 0.6) is 5.75 Å². The molecule has 1 aliphatic rings. The smallest absolute Gasteiger partial charge is 0.279 e. The summed E-state index contributed by atoms with van der Waals surface area (Å²) in [6.07, 6.45) is 1.78. The van der Waals surface area contributed by atoms with Crippen LogP contribution in [-0.2, 0) is 16.1 Å². The van der Waals surface area contributed by atoms with Crippen LogP contribution in [-0.4, -0.2) is 27.2 Å². The molecule has 2 amide bonds. The number of anilines is 2. The van der Waals surface area contributed by atoms with E-state index in [2.05, 4.69) is 33.9 Å². The van der Waals surface area contributed by atoms with Crippen LogP contribution in [0.2, 0.25) is 5.02 Å². The molecule has 4 aromatic rings. The van der Waals surface area contributed by atoms with Crippen molar-refractivity contribution in [1.82, 2.24) is 9.78 Å². The second kappa shape index (κ2) is 7.69. The molecule has 0 spiro atoms. The first kappa shape index (κ1) is 20.1. The number of aromatic nitrogens is 2. The Bertz CT molecular complexity index is 1360. The van der Waals surface area contributed by atoms with Crippen molar-refractivity contribution in [1.29, 1.82) is 0 Å². The normalized spacial score (nSPS) is 17.4. The SMILES string of the molecule is CC1(C(=O)Nc2ccn(Cc3cccc4ccccc34)n2)Oc2ccc(Cl)cc2NC1=O. The minimum atomic E-state index is -1.75. The van der Waals surface area contributed by atoms with E-state index in [1.165, 1.54) is 6.92 Å². The maximum Gasteiger partial charge on any atom is 0.279 e. The fourth-order valence-electron chi connectivity index (χ4n) is 3.70. The highest BCUT2D eigenvalue weighted by Gasteiger charge is 2.47. The summed E-state index contributed by atoms with van der Waals surface area (Å²) in [6, 6.07) is 20.8. The molecule has 7 nitrogen and oxygen atoms in total. The van der Waals surface area contributed by atoms with Gasteiger partial charge in [0.1, 0.15) is 5.75 Å². The largest absolute Gasteiger partial charge is 0.466 e. The molecule has 32 heavy (non-hydrogen) atoms. The average Bonchev–Trinajstić information content (AvgIpc) is 3.22. The third-order valence-corrected chi connectivity index (χ3v) is 5.70. The summed E-state index contributed by atoms with van der Waals surface area (Å²) in [7, 11) is 0. The monoisotopic (exact) mass is 446 g/mol. The third-order valence-electron chi connectivity index (χ3n) is 5.47. The summed E-state index contributed by atoms with van der Waals surface area (Å²) in [5, 5.41) is 12.6. The van der Waals surface area contributed by atoms with E-state index >= 15 is 0 Å². The van der Waals surface area contributed by atoms with E-state index in [1.807, 2.05) is 24.3 Å². The van der Waals surface area contributed by atoms with Gasteiger partial charge in [0.25, 0.3) is 17.4 Å². The fraction of sp³-hybridized carbons (Fsp3) is 0.125. The van der Waals surface area contributed by atoms with E-state index in [9.17, 15) is 9.59 Å². The molecule has 2 heterocycles. The topological polar surface area (TPSA) is 85.2 Å². The predicted molar refractivity (Wildman–Crippen MR) is 123 cm³/mol. The van der Waals surface area contributed by atoms with Crippen LogP contribution in [0.25, 0.3) is 10.8 Å². The summed E-state index contributed by atoms with van der Waals surface area (Å²) in [5.74, 6) is -0.506. The zero-order valence-corrected chi connectivity index (χ0v) is 17.9. The first-order chi connectivity index (χ1) is 15.4. The number of carbonyl (C=O) groups is 2. The highest BCUT2D eigenvalue weighted by Crippen LogP contribution is 2.36. The van der Waals surface area contributed by atoms with Crippen LogP contribution in [0.1, 0.15) is 12.5 Å². The molecule has 1 aromatic heterocycles. The number of hydrogen-bond donors (Lipinski definition) is 2. The minimum Gasteiger partial charge on any atom is -0.466 e. The van der Waals surface area contributed by atoms with Crippen molar-refractivity contribution in [2.75, 3.05) is 10.6 Å². The van der Waals surface area contributed by atoms with Gasteiger partial charge in [-0.25, -0.2) is 0 Å². The Balaban J connectivity index is 1.33. The van der Waals surface area contributed by atoms with Gasteiger partial charge in [0.15, 0.2) is 5.82 Å². The molecule has 0 bridgehead atoms. The Labute approximate surface area is 188 Å². The molecule has 0 fully saturated rings. The summed E-state index contributed by atoms with van der Waals surface area (Å²) in [5.41, 5.74) is -0.214. The van der Waals surface area contributed by atoms with E-state index in [0.717, 1.165) is 16.3 Å². The lowest BCUT2D eigenvalue weighted by Gasteiger charge is -2.33. The highest BCUT2D eigenvalue weighted by molar-refractivity contribution is 6.31. The highest BCUT2D eigenvalue weighted by atomic mass is 35.5. The molecule has 1 aliphatic heterocycles. The van der Waals surface area contributed by atoms with Crippen LogP contribution in [0.15, 0.2) is 72.9 Å². The Morgan fingerprint density at radius 3 is 2.84 bits per heavy atom. The van der Waals surface area contributed by atoms with E-state index in [0.29, 0.717) is 28.8 Å². The lowest BCUT2D eigenvalue weighted by Crippen LogP contribution is -2.56. The van der Waals surface area contributed by atoms with Gasteiger partial charge >= 0.3 is 0 Å². The fourth-order valence-corrected chi connectivity index (χ4v) is 3.88. The van der Waals surface area contributed by atoms with Crippen molar-refractivity contribution in [3.8, 4) is 5.75 Å². The van der Waals surface area contributed by atoms with E-state index in [4.69, 9.17) is 16.3 Å². The van der Waals surface area contributed by atoms with E-state index < -0.39 is 17.4 Å². The number of amides is 2. The molecular formula is C24H19ClN4O3. The first-order valence-electron chi connectivity index (χ1n) is 10.0. The van der Waals surface area contributed by atoms with Crippen LogP contribution < -0.4 is 15.4 Å². The second-order valence-electron chi connectivity index (χ2n) is 7.72. The Morgan fingerprint density at radius 1 is 1.16 bits per heavy atom. The van der Waals surface area contributed by atoms with Gasteiger partial charge in [-0.05, 0) is 41.5 Å². The molecule has 3 aromatic carbocycles. The molecule has 0 aliphatic carbocycles. The number of fused-ring (bicyclic) bond motifs is 2. The van der Waals surface area contributed by atoms with Gasteiger partial charge < -0.3 is 15.4 Å². The van der Waals surface area contributed by atoms with Gasteiger partial charge in [-0.2, -0.15) is 5.10 Å². The van der Waals surface area contributed by atoms with Gasteiger partial charge in [-0.1, -0.05) is 54.1 Å². The Kier molecular flexibility index (Phi) is 4.83. The quantitative estimate of drug-likeness (QED) is 0.453. The standard InChI is InChI=1S/C24H19ClN4O3/c1-24(22(30)26-19-13-17(25)9-10-20(19)32-24)23(31)27-21-11-12-29(28-21)14-16-7-4-6-15-5-2-3-8-18(15)16/h2-13H,14H2,1H3,(H,26,30)(H,27,28,31). The molecule has 160 valence electrons. The van der Waals surface area contributed by atoms with Crippen molar-refractivity contribution in [3.63, 3.8) is 0 Å².